The number of esters is 1. The third-order valence-electron chi connectivity index (χ3n) is 2.79. The molecule has 0 unspecified atom stereocenters. The third-order valence-corrected chi connectivity index (χ3v) is 2.99. The summed E-state index contributed by atoms with van der Waals surface area (Å²) in [6, 6.07) is 7.32. The zero-order chi connectivity index (χ0) is 17.9. The highest BCUT2D eigenvalue weighted by molar-refractivity contribution is 7.80. The Morgan fingerprint density at radius 3 is 2.67 bits per heavy atom. The number of hydrogen-bond acceptors (Lipinski definition) is 5. The summed E-state index contributed by atoms with van der Waals surface area (Å²) in [5.41, 5.74) is 0.715. The van der Waals surface area contributed by atoms with Gasteiger partial charge in [-0.15, -0.1) is 0 Å². The maximum atomic E-state index is 11.7. The van der Waals surface area contributed by atoms with E-state index in [1.807, 2.05) is 18.2 Å². The SMILES string of the molecule is CCOC(=O)CCC(=O)NC(=S)Nc1cccc(OCC(C)C)c1. The van der Waals surface area contributed by atoms with Gasteiger partial charge in [-0.2, -0.15) is 0 Å². The van der Waals surface area contributed by atoms with E-state index < -0.39 is 5.97 Å². The fourth-order valence-corrected chi connectivity index (χ4v) is 1.96. The van der Waals surface area contributed by atoms with Crippen LogP contribution in [-0.4, -0.2) is 30.2 Å². The highest BCUT2D eigenvalue weighted by atomic mass is 32.1. The van der Waals surface area contributed by atoms with Crippen molar-refractivity contribution in [2.24, 2.45) is 5.92 Å². The predicted octanol–water partition coefficient (Wildman–Crippen LogP) is 2.88. The quantitative estimate of drug-likeness (QED) is 0.553. The molecule has 0 aliphatic carbocycles. The molecule has 0 aliphatic heterocycles. The number of thiocarbonyl (C=S) groups is 1. The predicted molar refractivity (Wildman–Crippen MR) is 97.0 cm³/mol. The van der Waals surface area contributed by atoms with Crippen LogP contribution in [0, 0.1) is 5.92 Å². The zero-order valence-corrected chi connectivity index (χ0v) is 15.1. The van der Waals surface area contributed by atoms with Gasteiger partial charge in [-0.25, -0.2) is 0 Å². The van der Waals surface area contributed by atoms with Crippen LogP contribution in [0.4, 0.5) is 5.69 Å². The summed E-state index contributed by atoms with van der Waals surface area (Å²) in [6.45, 7) is 6.79. The van der Waals surface area contributed by atoms with E-state index in [-0.39, 0.29) is 23.9 Å². The molecule has 7 heteroatoms. The lowest BCUT2D eigenvalue weighted by Crippen LogP contribution is -2.34. The smallest absolute Gasteiger partial charge is 0.306 e. The summed E-state index contributed by atoms with van der Waals surface area (Å²) in [5, 5.41) is 5.62. The molecule has 0 atom stereocenters. The van der Waals surface area contributed by atoms with Gasteiger partial charge in [0.15, 0.2) is 5.11 Å². The standard InChI is InChI=1S/C17H24N2O4S/c1-4-22-16(21)9-8-15(20)19-17(24)18-13-6-5-7-14(10-13)23-11-12(2)3/h5-7,10,12H,4,8-9,11H2,1-3H3,(H2,18,19,20,24). The molecule has 0 saturated carbocycles. The summed E-state index contributed by atoms with van der Waals surface area (Å²) in [7, 11) is 0. The molecule has 0 bridgehead atoms. The molecule has 0 saturated heterocycles. The van der Waals surface area contributed by atoms with E-state index in [0.29, 0.717) is 24.8 Å². The van der Waals surface area contributed by atoms with Crippen LogP contribution >= 0.6 is 12.2 Å². The highest BCUT2D eigenvalue weighted by Gasteiger charge is 2.09. The second kappa shape index (κ2) is 10.6. The number of benzene rings is 1. The van der Waals surface area contributed by atoms with Crippen molar-refractivity contribution in [1.82, 2.24) is 5.32 Å². The number of hydrogen-bond donors (Lipinski definition) is 2. The van der Waals surface area contributed by atoms with Gasteiger partial charge in [-0.3, -0.25) is 9.59 Å². The Morgan fingerprint density at radius 1 is 1.25 bits per heavy atom. The number of carbonyl (C=O) groups is 2. The minimum atomic E-state index is -0.401. The molecule has 0 radical (unpaired) electrons. The maximum absolute atomic E-state index is 11.7. The van der Waals surface area contributed by atoms with Gasteiger partial charge in [-0.05, 0) is 37.2 Å². The van der Waals surface area contributed by atoms with Gasteiger partial charge in [0, 0.05) is 18.2 Å². The van der Waals surface area contributed by atoms with Gasteiger partial charge in [0.05, 0.1) is 19.6 Å². The first-order valence-corrected chi connectivity index (χ1v) is 8.30. The van der Waals surface area contributed by atoms with Crippen molar-refractivity contribution in [2.45, 2.75) is 33.6 Å². The second-order valence-corrected chi connectivity index (χ2v) is 5.95. The minimum Gasteiger partial charge on any atom is -0.493 e. The molecular formula is C17H24N2O4S. The van der Waals surface area contributed by atoms with E-state index in [9.17, 15) is 9.59 Å². The van der Waals surface area contributed by atoms with Gasteiger partial charge in [0.1, 0.15) is 5.75 Å². The number of ether oxygens (including phenoxy) is 2. The molecule has 1 rings (SSSR count). The van der Waals surface area contributed by atoms with Gasteiger partial charge in [0.2, 0.25) is 5.91 Å². The number of amides is 1. The van der Waals surface area contributed by atoms with Crippen LogP contribution in [-0.2, 0) is 14.3 Å². The van der Waals surface area contributed by atoms with Crippen molar-refractivity contribution in [3.63, 3.8) is 0 Å². The lowest BCUT2D eigenvalue weighted by molar-refractivity contribution is -0.144. The second-order valence-electron chi connectivity index (χ2n) is 5.54. The van der Waals surface area contributed by atoms with Gasteiger partial charge in [-0.1, -0.05) is 19.9 Å². The van der Waals surface area contributed by atoms with Crippen molar-refractivity contribution in [3.05, 3.63) is 24.3 Å². The molecule has 0 fully saturated rings. The van der Waals surface area contributed by atoms with Crippen LogP contribution in [0.25, 0.3) is 0 Å². The Labute approximate surface area is 147 Å². The van der Waals surface area contributed by atoms with Crippen LogP contribution in [0.1, 0.15) is 33.6 Å². The van der Waals surface area contributed by atoms with E-state index in [1.165, 1.54) is 0 Å². The average Bonchev–Trinajstić information content (AvgIpc) is 2.51. The largest absolute Gasteiger partial charge is 0.493 e. The molecular weight excluding hydrogens is 328 g/mol. The Balaban J connectivity index is 2.42. The molecule has 1 amide bonds. The molecule has 0 heterocycles. The summed E-state index contributed by atoms with van der Waals surface area (Å²) >= 11 is 5.09. The van der Waals surface area contributed by atoms with Crippen LogP contribution in [0.15, 0.2) is 24.3 Å². The molecule has 0 spiro atoms. The van der Waals surface area contributed by atoms with Crippen LogP contribution in [0.3, 0.4) is 0 Å². The lowest BCUT2D eigenvalue weighted by Gasteiger charge is -2.12. The molecule has 1 aromatic rings. The molecule has 0 aliphatic rings. The van der Waals surface area contributed by atoms with Gasteiger partial charge in [0.25, 0.3) is 0 Å². The molecule has 0 aromatic heterocycles. The first-order valence-electron chi connectivity index (χ1n) is 7.90. The highest BCUT2D eigenvalue weighted by Crippen LogP contribution is 2.18. The van der Waals surface area contributed by atoms with Crippen LogP contribution < -0.4 is 15.4 Å². The van der Waals surface area contributed by atoms with Gasteiger partial charge >= 0.3 is 5.97 Å². The van der Waals surface area contributed by atoms with E-state index in [1.54, 1.807) is 13.0 Å². The van der Waals surface area contributed by atoms with Crippen LogP contribution in [0.2, 0.25) is 0 Å². The van der Waals surface area contributed by atoms with Crippen molar-refractivity contribution in [2.75, 3.05) is 18.5 Å². The number of rotatable bonds is 8. The lowest BCUT2D eigenvalue weighted by atomic mass is 10.2. The van der Waals surface area contributed by atoms with Crippen molar-refractivity contribution < 1.29 is 19.1 Å². The fourth-order valence-electron chi connectivity index (χ4n) is 1.73. The van der Waals surface area contributed by atoms with Crippen molar-refractivity contribution >= 4 is 34.9 Å². The average molecular weight is 352 g/mol. The van der Waals surface area contributed by atoms with E-state index in [2.05, 4.69) is 24.5 Å². The van der Waals surface area contributed by atoms with Crippen molar-refractivity contribution in [1.29, 1.82) is 0 Å². The molecule has 2 N–H and O–H groups in total. The summed E-state index contributed by atoms with van der Waals surface area (Å²) in [6.07, 6.45) is 0.0546. The molecule has 24 heavy (non-hydrogen) atoms. The normalized spacial score (nSPS) is 10.2. The fraction of sp³-hybridized carbons (Fsp3) is 0.471. The molecule has 1 aromatic carbocycles. The van der Waals surface area contributed by atoms with E-state index >= 15 is 0 Å². The first kappa shape index (κ1) is 19.9. The Morgan fingerprint density at radius 2 is 2.00 bits per heavy atom. The maximum Gasteiger partial charge on any atom is 0.306 e. The topological polar surface area (TPSA) is 76.7 Å². The Kier molecular flexibility index (Phi) is 8.78. The molecule has 6 nitrogen and oxygen atoms in total. The van der Waals surface area contributed by atoms with Crippen molar-refractivity contribution in [3.8, 4) is 5.75 Å². The minimum absolute atomic E-state index is 0.0260. The van der Waals surface area contributed by atoms with E-state index in [0.717, 1.165) is 5.75 Å². The number of carbonyl (C=O) groups excluding carboxylic acids is 2. The number of nitrogens with one attached hydrogen (secondary N) is 2. The van der Waals surface area contributed by atoms with Crippen LogP contribution in [0.5, 0.6) is 5.75 Å². The third kappa shape index (κ3) is 8.47. The zero-order valence-electron chi connectivity index (χ0n) is 14.3. The summed E-state index contributed by atoms with van der Waals surface area (Å²) < 4.78 is 10.4. The summed E-state index contributed by atoms with van der Waals surface area (Å²) in [4.78, 5) is 22.9. The number of anilines is 1. The Bertz CT molecular complexity index is 575. The first-order chi connectivity index (χ1) is 11.4. The Hall–Kier alpha value is -2.15. The monoisotopic (exact) mass is 352 g/mol. The van der Waals surface area contributed by atoms with Gasteiger partial charge < -0.3 is 20.1 Å². The molecule has 132 valence electrons. The van der Waals surface area contributed by atoms with E-state index in [4.69, 9.17) is 21.7 Å². The summed E-state index contributed by atoms with van der Waals surface area (Å²) in [5.74, 6) is 0.417.